The van der Waals surface area contributed by atoms with Crippen LogP contribution in [-0.2, 0) is 22.3 Å². The minimum Gasteiger partial charge on any atom is -0.489 e. The first kappa shape index (κ1) is 20.3. The van der Waals surface area contributed by atoms with E-state index < -0.39 is 17.7 Å². The summed E-state index contributed by atoms with van der Waals surface area (Å²) in [6, 6.07) is 9.28. The second-order valence-corrected chi connectivity index (χ2v) is 5.54. The van der Waals surface area contributed by atoms with Crippen LogP contribution in [0.5, 0.6) is 5.75 Å². The molecule has 1 amide bonds. The molecule has 0 heterocycles. The first-order valence-electron chi connectivity index (χ1n) is 8.06. The Kier molecular flexibility index (Phi) is 6.44. The van der Waals surface area contributed by atoms with E-state index in [1.807, 2.05) is 0 Å². The van der Waals surface area contributed by atoms with Crippen molar-refractivity contribution >= 4 is 17.6 Å². The number of alkyl halides is 3. The van der Waals surface area contributed by atoms with Crippen LogP contribution < -0.4 is 10.1 Å². The van der Waals surface area contributed by atoms with E-state index in [0.29, 0.717) is 0 Å². The van der Waals surface area contributed by atoms with Crippen LogP contribution in [0.1, 0.15) is 34.8 Å². The zero-order valence-electron chi connectivity index (χ0n) is 14.7. The molecule has 8 heteroatoms. The predicted molar refractivity (Wildman–Crippen MR) is 92.5 cm³/mol. The van der Waals surface area contributed by atoms with E-state index >= 15 is 0 Å². The molecule has 0 aliphatic heterocycles. The van der Waals surface area contributed by atoms with Gasteiger partial charge in [-0.15, -0.1) is 0 Å². The van der Waals surface area contributed by atoms with E-state index in [4.69, 9.17) is 4.74 Å². The number of anilines is 1. The van der Waals surface area contributed by atoms with Crippen LogP contribution in [-0.4, -0.2) is 19.0 Å². The van der Waals surface area contributed by atoms with Gasteiger partial charge in [0.15, 0.2) is 0 Å². The number of hydrogen-bond donors (Lipinski definition) is 1. The Labute approximate surface area is 154 Å². The average molecular weight is 381 g/mol. The highest BCUT2D eigenvalue weighted by Crippen LogP contribution is 2.32. The van der Waals surface area contributed by atoms with Gasteiger partial charge < -0.3 is 14.8 Å². The maximum atomic E-state index is 13.0. The second kappa shape index (κ2) is 8.57. The van der Waals surface area contributed by atoms with Gasteiger partial charge in [-0.1, -0.05) is 25.1 Å². The van der Waals surface area contributed by atoms with Crippen molar-refractivity contribution in [1.82, 2.24) is 0 Å². The standard InChI is InChI=1S/C19H18F3NO4/c1-3-17(24)23-16-9-8-13(10-14(16)18(25)26-2)27-11-12-6-4-5-7-15(12)19(20,21)22/h4-10H,3,11H2,1-2H3,(H,23,24). The smallest absolute Gasteiger partial charge is 0.416 e. The third-order valence-electron chi connectivity index (χ3n) is 3.71. The zero-order valence-corrected chi connectivity index (χ0v) is 14.7. The zero-order chi connectivity index (χ0) is 20.0. The van der Waals surface area contributed by atoms with Crippen LogP contribution in [0, 0.1) is 0 Å². The lowest BCUT2D eigenvalue weighted by atomic mass is 10.1. The highest BCUT2D eigenvalue weighted by atomic mass is 19.4. The maximum absolute atomic E-state index is 13.0. The van der Waals surface area contributed by atoms with Gasteiger partial charge in [0.25, 0.3) is 0 Å². The van der Waals surface area contributed by atoms with E-state index in [9.17, 15) is 22.8 Å². The minimum absolute atomic E-state index is 0.0343. The van der Waals surface area contributed by atoms with E-state index in [-0.39, 0.29) is 41.5 Å². The molecule has 0 atom stereocenters. The number of halogens is 3. The fraction of sp³-hybridized carbons (Fsp3) is 0.263. The Hall–Kier alpha value is -3.03. The molecule has 0 fully saturated rings. The van der Waals surface area contributed by atoms with Gasteiger partial charge in [-0.25, -0.2) is 4.79 Å². The molecule has 0 aliphatic carbocycles. The quantitative estimate of drug-likeness (QED) is 0.753. The summed E-state index contributed by atoms with van der Waals surface area (Å²) >= 11 is 0. The second-order valence-electron chi connectivity index (χ2n) is 5.54. The number of ether oxygens (including phenoxy) is 2. The molecule has 0 saturated heterocycles. The van der Waals surface area contributed by atoms with Gasteiger partial charge in [-0.05, 0) is 24.3 Å². The molecular weight excluding hydrogens is 363 g/mol. The van der Waals surface area contributed by atoms with Gasteiger partial charge >= 0.3 is 12.1 Å². The average Bonchev–Trinajstić information content (AvgIpc) is 2.65. The lowest BCUT2D eigenvalue weighted by Crippen LogP contribution is -2.14. The molecule has 0 saturated carbocycles. The van der Waals surface area contributed by atoms with Crippen molar-refractivity contribution < 1.29 is 32.2 Å². The van der Waals surface area contributed by atoms with Crippen molar-refractivity contribution in [2.45, 2.75) is 26.1 Å². The summed E-state index contributed by atoms with van der Waals surface area (Å²) < 4.78 is 49.2. The first-order chi connectivity index (χ1) is 12.8. The molecule has 0 aliphatic rings. The molecule has 2 aromatic carbocycles. The molecule has 0 spiro atoms. The Balaban J connectivity index is 2.25. The molecule has 2 aromatic rings. The predicted octanol–water partition coefficient (Wildman–Crippen LogP) is 4.42. The largest absolute Gasteiger partial charge is 0.489 e. The van der Waals surface area contributed by atoms with Crippen LogP contribution in [0.3, 0.4) is 0 Å². The third-order valence-corrected chi connectivity index (χ3v) is 3.71. The molecule has 5 nitrogen and oxygen atoms in total. The van der Waals surface area contributed by atoms with Crippen LogP contribution in [0.4, 0.5) is 18.9 Å². The van der Waals surface area contributed by atoms with Crippen molar-refractivity contribution in [2.75, 3.05) is 12.4 Å². The van der Waals surface area contributed by atoms with Gasteiger partial charge in [0.1, 0.15) is 12.4 Å². The molecule has 0 bridgehead atoms. The molecule has 144 valence electrons. The number of methoxy groups -OCH3 is 1. The van der Waals surface area contributed by atoms with E-state index in [1.54, 1.807) is 6.92 Å². The highest BCUT2D eigenvalue weighted by molar-refractivity contribution is 6.01. The molecule has 0 aromatic heterocycles. The van der Waals surface area contributed by atoms with Gasteiger partial charge in [-0.3, -0.25) is 4.79 Å². The molecule has 2 rings (SSSR count). The lowest BCUT2D eigenvalue weighted by molar-refractivity contribution is -0.138. The minimum atomic E-state index is -4.49. The number of amides is 1. The number of carbonyl (C=O) groups excluding carboxylic acids is 2. The van der Waals surface area contributed by atoms with Crippen molar-refractivity contribution in [2.24, 2.45) is 0 Å². The van der Waals surface area contributed by atoms with Crippen LogP contribution in [0.15, 0.2) is 42.5 Å². The lowest BCUT2D eigenvalue weighted by Gasteiger charge is -2.15. The summed E-state index contributed by atoms with van der Waals surface area (Å²) in [5.41, 5.74) is -0.546. The van der Waals surface area contributed by atoms with Crippen molar-refractivity contribution in [3.8, 4) is 5.75 Å². The molecule has 0 unspecified atom stereocenters. The SMILES string of the molecule is CCC(=O)Nc1ccc(OCc2ccccc2C(F)(F)F)cc1C(=O)OC. The number of benzene rings is 2. The molecular formula is C19H18F3NO4. The molecule has 0 radical (unpaired) electrons. The van der Waals surface area contributed by atoms with Crippen molar-refractivity contribution in [3.63, 3.8) is 0 Å². The molecule has 27 heavy (non-hydrogen) atoms. The number of nitrogens with one attached hydrogen (secondary N) is 1. The number of rotatable bonds is 6. The van der Waals surface area contributed by atoms with Gasteiger partial charge in [0, 0.05) is 12.0 Å². The summed E-state index contributed by atoms with van der Waals surface area (Å²) in [7, 11) is 1.18. The highest BCUT2D eigenvalue weighted by Gasteiger charge is 2.33. The monoisotopic (exact) mass is 381 g/mol. The fourth-order valence-electron chi connectivity index (χ4n) is 2.32. The maximum Gasteiger partial charge on any atom is 0.416 e. The van der Waals surface area contributed by atoms with Crippen LogP contribution >= 0.6 is 0 Å². The summed E-state index contributed by atoms with van der Waals surface area (Å²) in [6.45, 7) is 1.32. The number of hydrogen-bond acceptors (Lipinski definition) is 4. The Morgan fingerprint density at radius 2 is 1.81 bits per heavy atom. The van der Waals surface area contributed by atoms with Crippen LogP contribution in [0.2, 0.25) is 0 Å². The summed E-state index contributed by atoms with van der Waals surface area (Å²) in [4.78, 5) is 23.5. The normalized spacial score (nSPS) is 11.0. The Bertz CT molecular complexity index is 834. The van der Waals surface area contributed by atoms with E-state index in [0.717, 1.165) is 6.07 Å². The Morgan fingerprint density at radius 3 is 2.44 bits per heavy atom. The summed E-state index contributed by atoms with van der Waals surface area (Å²) in [6.07, 6.45) is -4.28. The topological polar surface area (TPSA) is 64.6 Å². The van der Waals surface area contributed by atoms with Crippen molar-refractivity contribution in [1.29, 1.82) is 0 Å². The fourth-order valence-corrected chi connectivity index (χ4v) is 2.32. The summed E-state index contributed by atoms with van der Waals surface area (Å²) in [5.74, 6) is -0.836. The van der Waals surface area contributed by atoms with Crippen LogP contribution in [0.25, 0.3) is 0 Å². The third kappa shape index (κ3) is 5.22. The van der Waals surface area contributed by atoms with Gasteiger partial charge in [-0.2, -0.15) is 13.2 Å². The van der Waals surface area contributed by atoms with Crippen molar-refractivity contribution in [3.05, 3.63) is 59.2 Å². The number of carbonyl (C=O) groups is 2. The van der Waals surface area contributed by atoms with Gasteiger partial charge in [0.2, 0.25) is 5.91 Å². The van der Waals surface area contributed by atoms with Gasteiger partial charge in [0.05, 0.1) is 23.9 Å². The van der Waals surface area contributed by atoms with E-state index in [2.05, 4.69) is 10.1 Å². The molecule has 1 N–H and O–H groups in total. The Morgan fingerprint density at radius 1 is 1.11 bits per heavy atom. The van der Waals surface area contributed by atoms with E-state index in [1.165, 1.54) is 43.5 Å². The first-order valence-corrected chi connectivity index (χ1v) is 8.06. The summed E-state index contributed by atoms with van der Waals surface area (Å²) in [5, 5.41) is 2.56. The number of esters is 1.